The minimum Gasteiger partial charge on any atom is -0.392 e. The van der Waals surface area contributed by atoms with E-state index in [1.165, 1.54) is 31.3 Å². The van der Waals surface area contributed by atoms with Crippen LogP contribution in [0.3, 0.4) is 0 Å². The first-order chi connectivity index (χ1) is 9.88. The summed E-state index contributed by atoms with van der Waals surface area (Å²) < 4.78 is 0. The smallest absolute Gasteiger partial charge is 0.0760 e. The lowest BCUT2D eigenvalue weighted by atomic mass is 9.47. The third-order valence-corrected chi connectivity index (χ3v) is 6.78. The topological polar surface area (TPSA) is 40.5 Å². The second-order valence-electron chi connectivity index (χ2n) is 8.36. The van der Waals surface area contributed by atoms with Crippen molar-refractivity contribution in [2.45, 2.75) is 65.4 Å². The van der Waals surface area contributed by atoms with Gasteiger partial charge in [0.25, 0.3) is 0 Å². The van der Waals surface area contributed by atoms with E-state index in [1.807, 2.05) is 0 Å². The molecule has 0 radical (unpaired) electrons. The van der Waals surface area contributed by atoms with Crippen molar-refractivity contribution in [3.63, 3.8) is 0 Å². The molecular formula is C19H30O2. The molecule has 2 N–H and O–H groups in total. The monoisotopic (exact) mass is 290 g/mol. The van der Waals surface area contributed by atoms with Crippen molar-refractivity contribution in [1.82, 2.24) is 0 Å². The molecule has 4 atom stereocenters. The summed E-state index contributed by atoms with van der Waals surface area (Å²) in [5.74, 6) is 1.27. The number of aliphatic hydroxyl groups is 2. The fourth-order valence-electron chi connectivity index (χ4n) is 5.68. The second kappa shape index (κ2) is 5.24. The first-order valence-corrected chi connectivity index (χ1v) is 8.55. The highest BCUT2D eigenvalue weighted by molar-refractivity contribution is 5.31. The molecule has 0 spiro atoms. The maximum Gasteiger partial charge on any atom is 0.0760 e. The SMILES string of the molecule is CC1(C)CCC[C@]2(C)[C@H]3C[C@@H](O)/C(=C/CO)CC3=CC[C@@H]12. The summed E-state index contributed by atoms with van der Waals surface area (Å²) in [7, 11) is 0. The highest BCUT2D eigenvalue weighted by Gasteiger charge is 2.53. The molecule has 0 aliphatic heterocycles. The minimum absolute atomic E-state index is 0.0390. The highest BCUT2D eigenvalue weighted by Crippen LogP contribution is 2.62. The maximum atomic E-state index is 10.5. The van der Waals surface area contributed by atoms with Gasteiger partial charge in [-0.3, -0.25) is 0 Å². The van der Waals surface area contributed by atoms with Gasteiger partial charge in [-0.05, 0) is 60.3 Å². The first-order valence-electron chi connectivity index (χ1n) is 8.55. The van der Waals surface area contributed by atoms with E-state index in [0.29, 0.717) is 16.7 Å². The largest absolute Gasteiger partial charge is 0.392 e. The minimum atomic E-state index is -0.361. The van der Waals surface area contributed by atoms with Gasteiger partial charge in [0.05, 0.1) is 12.7 Å². The van der Waals surface area contributed by atoms with Crippen LogP contribution in [0.5, 0.6) is 0 Å². The Morgan fingerprint density at radius 1 is 1.29 bits per heavy atom. The summed E-state index contributed by atoms with van der Waals surface area (Å²) in [6.07, 6.45) is 10.8. The average Bonchev–Trinajstić information content (AvgIpc) is 2.40. The van der Waals surface area contributed by atoms with Crippen LogP contribution < -0.4 is 0 Å². The zero-order valence-electron chi connectivity index (χ0n) is 13.7. The second-order valence-corrected chi connectivity index (χ2v) is 8.36. The van der Waals surface area contributed by atoms with Gasteiger partial charge in [-0.1, -0.05) is 44.9 Å². The van der Waals surface area contributed by atoms with E-state index in [2.05, 4.69) is 26.8 Å². The van der Waals surface area contributed by atoms with Crippen LogP contribution in [0.15, 0.2) is 23.3 Å². The predicted molar refractivity (Wildman–Crippen MR) is 85.8 cm³/mol. The fourth-order valence-corrected chi connectivity index (χ4v) is 5.68. The Kier molecular flexibility index (Phi) is 3.82. The average molecular weight is 290 g/mol. The molecule has 2 nitrogen and oxygen atoms in total. The van der Waals surface area contributed by atoms with Crippen LogP contribution in [0, 0.1) is 22.7 Å². The van der Waals surface area contributed by atoms with Crippen LogP contribution in [0.25, 0.3) is 0 Å². The lowest BCUT2D eigenvalue weighted by Crippen LogP contribution is -2.50. The number of allylic oxidation sites excluding steroid dienone is 2. The van der Waals surface area contributed by atoms with Gasteiger partial charge in [0.15, 0.2) is 0 Å². The molecule has 0 aromatic rings. The van der Waals surface area contributed by atoms with Crippen molar-refractivity contribution in [1.29, 1.82) is 0 Å². The summed E-state index contributed by atoms with van der Waals surface area (Å²) in [5, 5.41) is 19.6. The first kappa shape index (κ1) is 15.3. The molecule has 0 aromatic heterocycles. The van der Waals surface area contributed by atoms with E-state index >= 15 is 0 Å². The Balaban J connectivity index is 1.94. The number of rotatable bonds is 1. The van der Waals surface area contributed by atoms with Crippen molar-refractivity contribution in [3.05, 3.63) is 23.3 Å². The zero-order valence-corrected chi connectivity index (χ0v) is 13.7. The molecule has 2 fully saturated rings. The fraction of sp³-hybridized carbons (Fsp3) is 0.789. The van der Waals surface area contributed by atoms with Gasteiger partial charge < -0.3 is 10.2 Å². The Labute approximate surface area is 128 Å². The molecule has 3 rings (SSSR count). The van der Waals surface area contributed by atoms with E-state index in [1.54, 1.807) is 6.08 Å². The van der Waals surface area contributed by atoms with Crippen molar-refractivity contribution in [2.24, 2.45) is 22.7 Å². The molecule has 0 amide bonds. The van der Waals surface area contributed by atoms with Gasteiger partial charge in [0.2, 0.25) is 0 Å². The molecule has 2 heteroatoms. The Morgan fingerprint density at radius 3 is 2.76 bits per heavy atom. The van der Waals surface area contributed by atoms with Crippen LogP contribution in [-0.2, 0) is 0 Å². The van der Waals surface area contributed by atoms with E-state index < -0.39 is 0 Å². The van der Waals surface area contributed by atoms with Gasteiger partial charge in [0.1, 0.15) is 0 Å². The molecule has 21 heavy (non-hydrogen) atoms. The number of hydrogen-bond acceptors (Lipinski definition) is 2. The van der Waals surface area contributed by atoms with Crippen LogP contribution in [0.2, 0.25) is 0 Å². The van der Waals surface area contributed by atoms with Crippen molar-refractivity contribution >= 4 is 0 Å². The van der Waals surface area contributed by atoms with Gasteiger partial charge in [0, 0.05) is 0 Å². The molecule has 3 aliphatic carbocycles. The van der Waals surface area contributed by atoms with Gasteiger partial charge in [-0.25, -0.2) is 0 Å². The van der Waals surface area contributed by atoms with Crippen LogP contribution in [0.1, 0.15) is 59.3 Å². The summed E-state index contributed by atoms with van der Waals surface area (Å²) in [6.45, 7) is 7.38. The van der Waals surface area contributed by atoms with Gasteiger partial charge >= 0.3 is 0 Å². The zero-order chi connectivity index (χ0) is 15.3. The Bertz CT molecular complexity index is 474. The summed E-state index contributed by atoms with van der Waals surface area (Å²) in [5.41, 5.74) is 3.31. The molecule has 0 aromatic carbocycles. The van der Waals surface area contributed by atoms with E-state index in [9.17, 15) is 5.11 Å². The summed E-state index contributed by atoms with van der Waals surface area (Å²) in [6, 6.07) is 0. The standard InChI is InChI=1S/C19H30O2/c1-18(2)8-4-9-19(3)15-12-16(21)14(7-10-20)11-13(15)5-6-17(18)19/h5,7,15-17,20-21H,4,6,8-12H2,1-3H3/b14-7+/t15-,16+,17-,19+/m0/s1. The maximum absolute atomic E-state index is 10.5. The van der Waals surface area contributed by atoms with Gasteiger partial charge in [-0.15, -0.1) is 0 Å². The number of fused-ring (bicyclic) bond motifs is 3. The van der Waals surface area contributed by atoms with E-state index in [0.717, 1.165) is 24.3 Å². The molecular weight excluding hydrogens is 260 g/mol. The van der Waals surface area contributed by atoms with E-state index in [-0.39, 0.29) is 12.7 Å². The third kappa shape index (κ3) is 2.41. The van der Waals surface area contributed by atoms with Crippen molar-refractivity contribution in [3.8, 4) is 0 Å². The lowest BCUT2D eigenvalue weighted by molar-refractivity contribution is -0.0520. The van der Waals surface area contributed by atoms with Crippen LogP contribution >= 0.6 is 0 Å². The van der Waals surface area contributed by atoms with Crippen molar-refractivity contribution in [2.75, 3.05) is 6.61 Å². The number of aliphatic hydroxyl groups excluding tert-OH is 2. The molecule has 0 unspecified atom stereocenters. The number of hydrogen-bond donors (Lipinski definition) is 2. The van der Waals surface area contributed by atoms with E-state index in [4.69, 9.17) is 5.11 Å². The normalized spacial score (nSPS) is 44.0. The Morgan fingerprint density at radius 2 is 2.05 bits per heavy atom. The van der Waals surface area contributed by atoms with Crippen LogP contribution in [-0.4, -0.2) is 22.9 Å². The van der Waals surface area contributed by atoms with Crippen LogP contribution in [0.4, 0.5) is 0 Å². The lowest BCUT2D eigenvalue weighted by Gasteiger charge is -2.58. The molecule has 3 aliphatic rings. The molecule has 2 saturated carbocycles. The third-order valence-electron chi connectivity index (χ3n) is 6.78. The molecule has 0 heterocycles. The molecule has 118 valence electrons. The highest BCUT2D eigenvalue weighted by atomic mass is 16.3. The van der Waals surface area contributed by atoms with Crippen molar-refractivity contribution < 1.29 is 10.2 Å². The summed E-state index contributed by atoms with van der Waals surface area (Å²) in [4.78, 5) is 0. The molecule has 0 bridgehead atoms. The predicted octanol–water partition coefficient (Wildman–Crippen LogP) is 3.84. The van der Waals surface area contributed by atoms with Gasteiger partial charge in [-0.2, -0.15) is 0 Å². The molecule has 0 saturated heterocycles. The summed E-state index contributed by atoms with van der Waals surface area (Å²) >= 11 is 0. The Hall–Kier alpha value is -0.600. The quantitative estimate of drug-likeness (QED) is 0.720.